The molecule has 1 unspecified atom stereocenters. The van der Waals surface area contributed by atoms with Crippen molar-refractivity contribution >= 4 is 17.0 Å². The summed E-state index contributed by atoms with van der Waals surface area (Å²) in [5.74, 6) is 0.941. The van der Waals surface area contributed by atoms with Gasteiger partial charge in [0.1, 0.15) is 24.1 Å². The molecule has 2 aromatic heterocycles. The molecule has 0 spiro atoms. The summed E-state index contributed by atoms with van der Waals surface area (Å²) in [4.78, 5) is 12.7. The molecule has 1 aromatic carbocycles. The highest BCUT2D eigenvalue weighted by atomic mass is 16.6. The number of nitrogen functional groups attached to an aromatic ring is 1. The highest BCUT2D eigenvalue weighted by Gasteiger charge is 2.44. The van der Waals surface area contributed by atoms with E-state index >= 15 is 0 Å². The Bertz CT molecular complexity index is 1040. The van der Waals surface area contributed by atoms with Crippen molar-refractivity contribution < 1.29 is 29.5 Å². The van der Waals surface area contributed by atoms with Crippen LogP contribution in [0.4, 0.5) is 5.82 Å². The average molecular weight is 431 g/mol. The normalized spacial score (nSPS) is 24.4. The number of imidazole rings is 1. The number of rotatable bonds is 7. The first-order chi connectivity index (χ1) is 14.9. The fraction of sp³-hybridized carbons (Fsp3) is 0.450. The van der Waals surface area contributed by atoms with Crippen molar-refractivity contribution in [2.75, 3.05) is 26.1 Å². The predicted molar refractivity (Wildman–Crippen MR) is 110 cm³/mol. The molecule has 0 radical (unpaired) electrons. The Morgan fingerprint density at radius 2 is 1.94 bits per heavy atom. The van der Waals surface area contributed by atoms with Gasteiger partial charge in [-0.15, -0.1) is 0 Å². The van der Waals surface area contributed by atoms with Gasteiger partial charge >= 0.3 is 6.01 Å². The summed E-state index contributed by atoms with van der Waals surface area (Å²) >= 11 is 0. The summed E-state index contributed by atoms with van der Waals surface area (Å²) in [5, 5.41) is 29.7. The van der Waals surface area contributed by atoms with E-state index in [0.29, 0.717) is 12.1 Å². The Balaban J connectivity index is 1.55. The van der Waals surface area contributed by atoms with Crippen molar-refractivity contribution in [2.45, 2.75) is 37.4 Å². The third kappa shape index (κ3) is 4.00. The minimum absolute atomic E-state index is 0.0526. The molecule has 11 heteroatoms. The van der Waals surface area contributed by atoms with Crippen LogP contribution in [0.2, 0.25) is 0 Å². The summed E-state index contributed by atoms with van der Waals surface area (Å²) in [6.07, 6.45) is -3.03. The van der Waals surface area contributed by atoms with Crippen LogP contribution in [0.1, 0.15) is 24.6 Å². The molecular formula is C20H25N5O6. The predicted octanol–water partition coefficient (Wildman–Crippen LogP) is 0.211. The second-order valence-corrected chi connectivity index (χ2v) is 7.43. The first-order valence-electron chi connectivity index (χ1n) is 9.82. The van der Waals surface area contributed by atoms with Crippen molar-refractivity contribution in [3.8, 4) is 11.8 Å². The molecule has 4 rings (SSSR count). The van der Waals surface area contributed by atoms with Gasteiger partial charge in [0.05, 0.1) is 26.7 Å². The zero-order chi connectivity index (χ0) is 22.1. The Hall–Kier alpha value is -2.99. The van der Waals surface area contributed by atoms with E-state index in [1.807, 2.05) is 31.2 Å². The lowest BCUT2D eigenvalue weighted by Gasteiger charge is -2.17. The Labute approximate surface area is 178 Å². The maximum Gasteiger partial charge on any atom is 0.320 e. The van der Waals surface area contributed by atoms with E-state index in [1.165, 1.54) is 10.9 Å². The molecule has 0 bridgehead atoms. The molecule has 5 atom stereocenters. The number of aliphatic hydroxyl groups excluding tert-OH is 3. The topological polar surface area (TPSA) is 158 Å². The number of hydrogen-bond acceptors (Lipinski definition) is 10. The van der Waals surface area contributed by atoms with Crippen LogP contribution in [0, 0.1) is 0 Å². The highest BCUT2D eigenvalue weighted by Crippen LogP contribution is 2.32. The van der Waals surface area contributed by atoms with Crippen LogP contribution in [0.3, 0.4) is 0 Å². The zero-order valence-electron chi connectivity index (χ0n) is 17.1. The van der Waals surface area contributed by atoms with E-state index in [9.17, 15) is 15.3 Å². The van der Waals surface area contributed by atoms with Crippen molar-refractivity contribution in [3.05, 3.63) is 36.2 Å². The summed E-state index contributed by atoms with van der Waals surface area (Å²) in [5.41, 5.74) is 7.68. The van der Waals surface area contributed by atoms with Gasteiger partial charge in [-0.05, 0) is 17.7 Å². The molecule has 166 valence electrons. The van der Waals surface area contributed by atoms with Gasteiger partial charge in [0.2, 0.25) is 0 Å². The largest absolute Gasteiger partial charge is 0.497 e. The Morgan fingerprint density at radius 1 is 1.19 bits per heavy atom. The standard InChI is InChI=1S/C20H25N5O6/c1-10(11-3-5-12(29-2)6-4-11)8-30-20-23-17(21)14-18(24-20)25(9-22-14)19-16(28)15(27)13(7-26)31-19/h3-6,9-10,13,15-16,19,26-28H,7-8H2,1-2H3,(H2,21,23,24)/t10?,13-,15-,16-,19-/m1/s1. The molecule has 0 aliphatic carbocycles. The molecule has 31 heavy (non-hydrogen) atoms. The lowest BCUT2D eigenvalue weighted by Crippen LogP contribution is -2.33. The summed E-state index contributed by atoms with van der Waals surface area (Å²) in [6, 6.07) is 7.74. The van der Waals surface area contributed by atoms with Crippen molar-refractivity contribution in [1.29, 1.82) is 0 Å². The van der Waals surface area contributed by atoms with Gasteiger partial charge in [-0.25, -0.2) is 4.98 Å². The van der Waals surface area contributed by atoms with E-state index in [0.717, 1.165) is 11.3 Å². The van der Waals surface area contributed by atoms with Crippen LogP contribution < -0.4 is 15.2 Å². The quantitative estimate of drug-likeness (QED) is 0.407. The average Bonchev–Trinajstić information content (AvgIpc) is 3.33. The molecule has 0 saturated carbocycles. The SMILES string of the molecule is COc1ccc(C(C)COc2nc(N)c3ncn([C@@H]4O[C@H](CO)[C@@H](O)[C@H]4O)c3n2)cc1. The number of hydrogen-bond donors (Lipinski definition) is 4. The summed E-state index contributed by atoms with van der Waals surface area (Å²) in [7, 11) is 1.62. The fourth-order valence-electron chi connectivity index (χ4n) is 3.51. The zero-order valence-corrected chi connectivity index (χ0v) is 17.1. The van der Waals surface area contributed by atoms with Crippen molar-refractivity contribution in [3.63, 3.8) is 0 Å². The number of methoxy groups -OCH3 is 1. The number of aliphatic hydroxyl groups is 3. The van der Waals surface area contributed by atoms with Gasteiger partial charge in [0.15, 0.2) is 23.2 Å². The molecule has 11 nitrogen and oxygen atoms in total. The van der Waals surface area contributed by atoms with Crippen LogP contribution in [-0.2, 0) is 4.74 Å². The maximum atomic E-state index is 10.3. The van der Waals surface area contributed by atoms with E-state index in [1.54, 1.807) is 7.11 Å². The van der Waals surface area contributed by atoms with E-state index in [2.05, 4.69) is 15.0 Å². The first-order valence-corrected chi connectivity index (χ1v) is 9.82. The van der Waals surface area contributed by atoms with Gasteiger partial charge in [-0.1, -0.05) is 19.1 Å². The number of aromatic nitrogens is 4. The number of benzene rings is 1. The van der Waals surface area contributed by atoms with E-state index in [-0.39, 0.29) is 23.4 Å². The Morgan fingerprint density at radius 3 is 2.58 bits per heavy atom. The van der Waals surface area contributed by atoms with Crippen LogP contribution in [-0.4, -0.2) is 73.5 Å². The molecule has 5 N–H and O–H groups in total. The van der Waals surface area contributed by atoms with Gasteiger partial charge < -0.3 is 35.3 Å². The van der Waals surface area contributed by atoms with E-state index in [4.69, 9.17) is 19.9 Å². The van der Waals surface area contributed by atoms with Crippen LogP contribution in [0.15, 0.2) is 30.6 Å². The molecular weight excluding hydrogens is 406 g/mol. The van der Waals surface area contributed by atoms with Gasteiger partial charge in [-0.3, -0.25) is 4.57 Å². The number of nitrogens with zero attached hydrogens (tertiary/aromatic N) is 4. The third-order valence-corrected chi connectivity index (χ3v) is 5.37. The molecule has 3 aromatic rings. The molecule has 1 saturated heterocycles. The monoisotopic (exact) mass is 431 g/mol. The van der Waals surface area contributed by atoms with Crippen LogP contribution in [0.5, 0.6) is 11.8 Å². The number of ether oxygens (including phenoxy) is 3. The third-order valence-electron chi connectivity index (χ3n) is 5.37. The fourth-order valence-corrected chi connectivity index (χ4v) is 3.51. The summed E-state index contributed by atoms with van der Waals surface area (Å²) < 4.78 is 18.0. The molecule has 1 aliphatic rings. The van der Waals surface area contributed by atoms with Gasteiger partial charge in [0.25, 0.3) is 0 Å². The number of anilines is 1. The van der Waals surface area contributed by atoms with E-state index < -0.39 is 31.1 Å². The molecule has 3 heterocycles. The minimum Gasteiger partial charge on any atom is -0.497 e. The second kappa shape index (κ2) is 8.63. The smallest absolute Gasteiger partial charge is 0.320 e. The van der Waals surface area contributed by atoms with Crippen LogP contribution >= 0.6 is 0 Å². The van der Waals surface area contributed by atoms with Crippen molar-refractivity contribution in [1.82, 2.24) is 19.5 Å². The Kier molecular flexibility index (Phi) is 5.92. The highest BCUT2D eigenvalue weighted by molar-refractivity contribution is 5.82. The van der Waals surface area contributed by atoms with Gasteiger partial charge in [-0.2, -0.15) is 9.97 Å². The lowest BCUT2D eigenvalue weighted by atomic mass is 10.0. The number of nitrogens with two attached hydrogens (primary N) is 1. The molecule has 1 aliphatic heterocycles. The molecule has 1 fully saturated rings. The van der Waals surface area contributed by atoms with Crippen molar-refractivity contribution in [2.24, 2.45) is 0 Å². The lowest BCUT2D eigenvalue weighted by molar-refractivity contribution is -0.0511. The number of fused-ring (bicyclic) bond motifs is 1. The van der Waals surface area contributed by atoms with Gasteiger partial charge in [0, 0.05) is 5.92 Å². The minimum atomic E-state index is -1.27. The first kappa shape index (κ1) is 21.2. The van der Waals surface area contributed by atoms with Crippen LogP contribution in [0.25, 0.3) is 11.2 Å². The molecule has 0 amide bonds. The maximum absolute atomic E-state index is 10.3. The summed E-state index contributed by atoms with van der Waals surface area (Å²) in [6.45, 7) is 1.88. The second-order valence-electron chi connectivity index (χ2n) is 7.43.